The van der Waals surface area contributed by atoms with Crippen molar-refractivity contribution in [3.63, 3.8) is 0 Å². The van der Waals surface area contributed by atoms with Crippen LogP contribution in [0.3, 0.4) is 0 Å². The average molecular weight is 260 g/mol. The number of hydrogen-bond donors (Lipinski definition) is 2. The standard InChI is InChI=1S/C14H16N2O3/c1-2-14(6-3-7-14)16-13-15-10-5-4-9(12(17)18)8-11(10)19-13/h4-5,8H,2-3,6-7H2,1H3,(H,15,16)(H,17,18). The molecule has 2 N–H and O–H groups in total. The summed E-state index contributed by atoms with van der Waals surface area (Å²) < 4.78 is 5.61. The molecule has 0 unspecified atom stereocenters. The zero-order valence-corrected chi connectivity index (χ0v) is 10.8. The summed E-state index contributed by atoms with van der Waals surface area (Å²) in [6.07, 6.45) is 4.52. The van der Waals surface area contributed by atoms with Crippen LogP contribution in [0.1, 0.15) is 43.0 Å². The first-order chi connectivity index (χ1) is 9.12. The molecule has 1 aliphatic rings. The normalized spacial score (nSPS) is 17.1. The maximum atomic E-state index is 10.9. The first-order valence-electron chi connectivity index (χ1n) is 6.54. The highest BCUT2D eigenvalue weighted by Gasteiger charge is 2.36. The molecule has 0 aliphatic heterocycles. The highest BCUT2D eigenvalue weighted by atomic mass is 16.4. The second kappa shape index (κ2) is 4.26. The molecular formula is C14H16N2O3. The van der Waals surface area contributed by atoms with Crippen molar-refractivity contribution in [1.82, 2.24) is 4.98 Å². The van der Waals surface area contributed by atoms with Crippen LogP contribution in [-0.2, 0) is 0 Å². The lowest BCUT2D eigenvalue weighted by atomic mass is 9.75. The van der Waals surface area contributed by atoms with Gasteiger partial charge in [-0.05, 0) is 43.9 Å². The minimum Gasteiger partial charge on any atom is -0.478 e. The molecule has 0 amide bonds. The minimum atomic E-state index is -0.961. The van der Waals surface area contributed by atoms with Crippen LogP contribution in [0.5, 0.6) is 0 Å². The van der Waals surface area contributed by atoms with Crippen LogP contribution in [0.15, 0.2) is 22.6 Å². The van der Waals surface area contributed by atoms with Crippen molar-refractivity contribution in [2.45, 2.75) is 38.1 Å². The van der Waals surface area contributed by atoms with Crippen molar-refractivity contribution in [2.24, 2.45) is 0 Å². The van der Waals surface area contributed by atoms with Crippen molar-refractivity contribution >= 4 is 23.1 Å². The molecule has 1 aliphatic carbocycles. The summed E-state index contributed by atoms with van der Waals surface area (Å²) in [4.78, 5) is 15.3. The van der Waals surface area contributed by atoms with Gasteiger partial charge in [-0.25, -0.2) is 4.79 Å². The highest BCUT2D eigenvalue weighted by Crippen LogP contribution is 2.38. The predicted octanol–water partition coefficient (Wildman–Crippen LogP) is 3.27. The Morgan fingerprint density at radius 1 is 1.53 bits per heavy atom. The second-order valence-electron chi connectivity index (χ2n) is 5.12. The van der Waals surface area contributed by atoms with E-state index in [1.807, 2.05) is 0 Å². The first kappa shape index (κ1) is 12.0. The Bertz CT molecular complexity index is 623. The minimum absolute atomic E-state index is 0.108. The number of carboxylic acid groups (broad SMARTS) is 1. The van der Waals surface area contributed by atoms with Crippen LogP contribution in [0.2, 0.25) is 0 Å². The van der Waals surface area contributed by atoms with Crippen LogP contribution in [0.4, 0.5) is 6.01 Å². The number of aromatic nitrogens is 1. The number of oxazole rings is 1. The molecule has 19 heavy (non-hydrogen) atoms. The zero-order chi connectivity index (χ0) is 13.5. The zero-order valence-electron chi connectivity index (χ0n) is 10.8. The number of nitrogens with zero attached hydrogens (tertiary/aromatic N) is 1. The van der Waals surface area contributed by atoms with Gasteiger partial charge in [0.05, 0.1) is 5.56 Å². The SMILES string of the molecule is CCC1(Nc2nc3ccc(C(=O)O)cc3o2)CCC1. The molecule has 0 atom stereocenters. The number of fused-ring (bicyclic) bond motifs is 1. The van der Waals surface area contributed by atoms with Gasteiger partial charge in [0, 0.05) is 5.54 Å². The van der Waals surface area contributed by atoms with E-state index in [1.165, 1.54) is 18.6 Å². The summed E-state index contributed by atoms with van der Waals surface area (Å²) in [6.45, 7) is 2.15. The van der Waals surface area contributed by atoms with E-state index >= 15 is 0 Å². The molecule has 1 aromatic heterocycles. The molecule has 1 aromatic carbocycles. The lowest BCUT2D eigenvalue weighted by Gasteiger charge is -2.41. The molecule has 1 saturated carbocycles. The molecule has 100 valence electrons. The van der Waals surface area contributed by atoms with E-state index in [2.05, 4.69) is 17.2 Å². The van der Waals surface area contributed by atoms with Gasteiger partial charge in [-0.2, -0.15) is 4.98 Å². The predicted molar refractivity (Wildman–Crippen MR) is 71.5 cm³/mol. The molecule has 5 heteroatoms. The fourth-order valence-electron chi connectivity index (χ4n) is 2.51. The van der Waals surface area contributed by atoms with Crippen LogP contribution in [-0.4, -0.2) is 21.6 Å². The average Bonchev–Trinajstić information content (AvgIpc) is 2.74. The Balaban J connectivity index is 1.91. The summed E-state index contributed by atoms with van der Waals surface area (Å²) in [5.41, 5.74) is 1.51. The maximum absolute atomic E-state index is 10.9. The van der Waals surface area contributed by atoms with Crippen LogP contribution >= 0.6 is 0 Å². The van der Waals surface area contributed by atoms with Gasteiger partial charge in [-0.1, -0.05) is 6.92 Å². The van der Waals surface area contributed by atoms with Crippen molar-refractivity contribution in [3.8, 4) is 0 Å². The van der Waals surface area contributed by atoms with Crippen molar-refractivity contribution < 1.29 is 14.3 Å². The molecule has 2 aromatic rings. The Morgan fingerprint density at radius 2 is 2.32 bits per heavy atom. The number of anilines is 1. The number of nitrogens with one attached hydrogen (secondary N) is 1. The Labute approximate surface area is 110 Å². The third kappa shape index (κ3) is 2.05. The van der Waals surface area contributed by atoms with Gasteiger partial charge in [0.1, 0.15) is 5.52 Å². The summed E-state index contributed by atoms with van der Waals surface area (Å²) in [5.74, 6) is -0.961. The van der Waals surface area contributed by atoms with E-state index in [1.54, 1.807) is 6.07 Å². The number of hydrogen-bond acceptors (Lipinski definition) is 4. The number of rotatable bonds is 4. The van der Waals surface area contributed by atoms with E-state index in [0.717, 1.165) is 19.3 Å². The third-order valence-electron chi connectivity index (χ3n) is 3.99. The lowest BCUT2D eigenvalue weighted by molar-refractivity contribution is 0.0697. The number of benzene rings is 1. The quantitative estimate of drug-likeness (QED) is 0.882. The van der Waals surface area contributed by atoms with Crippen molar-refractivity contribution in [1.29, 1.82) is 0 Å². The monoisotopic (exact) mass is 260 g/mol. The third-order valence-corrected chi connectivity index (χ3v) is 3.99. The molecule has 3 rings (SSSR count). The van der Waals surface area contributed by atoms with Crippen LogP contribution in [0, 0.1) is 0 Å². The van der Waals surface area contributed by atoms with Crippen LogP contribution < -0.4 is 5.32 Å². The molecule has 1 heterocycles. The van der Waals surface area contributed by atoms with Gasteiger partial charge in [-0.3, -0.25) is 0 Å². The molecule has 5 nitrogen and oxygen atoms in total. The van der Waals surface area contributed by atoms with Gasteiger partial charge in [0.15, 0.2) is 5.58 Å². The molecular weight excluding hydrogens is 244 g/mol. The van der Waals surface area contributed by atoms with E-state index < -0.39 is 5.97 Å². The first-order valence-corrected chi connectivity index (χ1v) is 6.54. The van der Waals surface area contributed by atoms with Crippen molar-refractivity contribution in [3.05, 3.63) is 23.8 Å². The lowest BCUT2D eigenvalue weighted by Crippen LogP contribution is -2.44. The molecule has 0 radical (unpaired) electrons. The summed E-state index contributed by atoms with van der Waals surface area (Å²) in [6, 6.07) is 5.21. The summed E-state index contributed by atoms with van der Waals surface area (Å²) in [7, 11) is 0. The van der Waals surface area contributed by atoms with Gasteiger partial charge < -0.3 is 14.8 Å². The second-order valence-corrected chi connectivity index (χ2v) is 5.12. The smallest absolute Gasteiger partial charge is 0.335 e. The Morgan fingerprint density at radius 3 is 2.89 bits per heavy atom. The van der Waals surface area contributed by atoms with Crippen molar-refractivity contribution in [2.75, 3.05) is 5.32 Å². The largest absolute Gasteiger partial charge is 0.478 e. The number of aromatic carboxylic acids is 1. The number of carbonyl (C=O) groups is 1. The summed E-state index contributed by atoms with van der Waals surface area (Å²) >= 11 is 0. The van der Waals surface area contributed by atoms with Gasteiger partial charge in [0.2, 0.25) is 0 Å². The van der Waals surface area contributed by atoms with Gasteiger partial charge in [-0.15, -0.1) is 0 Å². The topological polar surface area (TPSA) is 75.4 Å². The van der Waals surface area contributed by atoms with Gasteiger partial charge in [0.25, 0.3) is 6.01 Å². The Kier molecular flexibility index (Phi) is 2.69. The fraction of sp³-hybridized carbons (Fsp3) is 0.429. The van der Waals surface area contributed by atoms with E-state index in [0.29, 0.717) is 17.1 Å². The van der Waals surface area contributed by atoms with E-state index in [9.17, 15) is 4.79 Å². The fourth-order valence-corrected chi connectivity index (χ4v) is 2.51. The Hall–Kier alpha value is -2.04. The molecule has 0 saturated heterocycles. The van der Waals surface area contributed by atoms with E-state index in [4.69, 9.17) is 9.52 Å². The highest BCUT2D eigenvalue weighted by molar-refractivity contribution is 5.92. The molecule has 0 bridgehead atoms. The van der Waals surface area contributed by atoms with Crippen LogP contribution in [0.25, 0.3) is 11.1 Å². The summed E-state index contributed by atoms with van der Waals surface area (Å²) in [5, 5.41) is 12.3. The van der Waals surface area contributed by atoms with E-state index in [-0.39, 0.29) is 11.1 Å². The van der Waals surface area contributed by atoms with Gasteiger partial charge >= 0.3 is 5.97 Å². The number of carboxylic acids is 1. The molecule has 0 spiro atoms. The maximum Gasteiger partial charge on any atom is 0.335 e. The molecule has 1 fully saturated rings.